The van der Waals surface area contributed by atoms with Crippen LogP contribution in [0.3, 0.4) is 0 Å². The van der Waals surface area contributed by atoms with E-state index in [9.17, 15) is 13.2 Å². The van der Waals surface area contributed by atoms with Crippen LogP contribution in [-0.2, 0) is 14.9 Å². The molecule has 1 N–H and O–H groups in total. The Kier molecular flexibility index (Phi) is 12.8. The van der Waals surface area contributed by atoms with Gasteiger partial charge in [0, 0.05) is 0 Å². The summed E-state index contributed by atoms with van der Waals surface area (Å²) in [7, 11) is -4.25. The van der Waals surface area contributed by atoms with Crippen LogP contribution in [0, 0.1) is 5.92 Å². The van der Waals surface area contributed by atoms with Gasteiger partial charge in [-0.1, -0.05) is 96.8 Å². The van der Waals surface area contributed by atoms with Gasteiger partial charge in [0.25, 0.3) is 16.0 Å². The Hall–Kier alpha value is -1.73. The van der Waals surface area contributed by atoms with Crippen LogP contribution in [0.5, 0.6) is 0 Å². The fraction of sp³-hybridized carbons (Fsp3) is 0.704. The number of nitrogens with zero attached hydrogens (tertiary/aromatic N) is 2. The highest BCUT2D eigenvalue weighted by Crippen LogP contribution is 2.27. The van der Waals surface area contributed by atoms with E-state index in [0.717, 1.165) is 25.0 Å². The fourth-order valence-electron chi connectivity index (χ4n) is 4.48. The van der Waals surface area contributed by atoms with Crippen LogP contribution in [0.1, 0.15) is 117 Å². The van der Waals surface area contributed by atoms with Crippen molar-refractivity contribution in [1.82, 2.24) is 0 Å². The second kappa shape index (κ2) is 15.3. The molecule has 1 amide bonds. The van der Waals surface area contributed by atoms with Gasteiger partial charge in [-0.05, 0) is 44.0 Å². The Labute approximate surface area is 207 Å². The van der Waals surface area contributed by atoms with Gasteiger partial charge in [0.05, 0.1) is 22.2 Å². The van der Waals surface area contributed by atoms with Crippen molar-refractivity contribution in [1.29, 1.82) is 0 Å². The van der Waals surface area contributed by atoms with Crippen LogP contribution < -0.4 is 5.01 Å². The average molecular weight is 493 g/mol. The molecule has 34 heavy (non-hydrogen) atoms. The van der Waals surface area contributed by atoms with E-state index in [4.69, 9.17) is 4.55 Å². The molecular weight excluding hydrogens is 448 g/mol. The van der Waals surface area contributed by atoms with E-state index in [0.29, 0.717) is 5.69 Å². The van der Waals surface area contributed by atoms with Crippen LogP contribution in [0.4, 0.5) is 5.69 Å². The number of carbonyl (C=O) groups is 1. The lowest BCUT2D eigenvalue weighted by Gasteiger charge is -2.12. The molecule has 1 aliphatic heterocycles. The molecule has 0 saturated heterocycles. The molecule has 7 heteroatoms. The van der Waals surface area contributed by atoms with Crippen molar-refractivity contribution < 1.29 is 17.8 Å². The first-order chi connectivity index (χ1) is 16.3. The van der Waals surface area contributed by atoms with Gasteiger partial charge in [0.2, 0.25) is 0 Å². The molecule has 1 aliphatic rings. The van der Waals surface area contributed by atoms with Crippen LogP contribution in [-0.4, -0.2) is 24.6 Å². The first-order valence-electron chi connectivity index (χ1n) is 13.3. The molecule has 0 aromatic heterocycles. The van der Waals surface area contributed by atoms with Gasteiger partial charge in [-0.2, -0.15) is 13.5 Å². The van der Waals surface area contributed by atoms with Crippen molar-refractivity contribution in [2.75, 3.05) is 5.01 Å². The van der Waals surface area contributed by atoms with Crippen LogP contribution >= 0.6 is 0 Å². The van der Waals surface area contributed by atoms with Gasteiger partial charge < -0.3 is 0 Å². The van der Waals surface area contributed by atoms with Gasteiger partial charge in [0.15, 0.2) is 0 Å². The maximum atomic E-state index is 12.6. The Bertz CT molecular complexity index is 865. The maximum absolute atomic E-state index is 12.6. The number of benzene rings is 1. The minimum absolute atomic E-state index is 0.101. The van der Waals surface area contributed by atoms with E-state index in [2.05, 4.69) is 12.0 Å². The highest BCUT2D eigenvalue weighted by Gasteiger charge is 2.32. The van der Waals surface area contributed by atoms with E-state index < -0.39 is 10.1 Å². The van der Waals surface area contributed by atoms with Crippen molar-refractivity contribution >= 4 is 27.4 Å². The number of amides is 1. The van der Waals surface area contributed by atoms with Gasteiger partial charge in [-0.15, -0.1) is 0 Å². The van der Waals surface area contributed by atoms with Gasteiger partial charge in [0.1, 0.15) is 0 Å². The lowest BCUT2D eigenvalue weighted by molar-refractivity contribution is -0.119. The summed E-state index contributed by atoms with van der Waals surface area (Å²) in [6.07, 6.45) is 20.7. The summed E-state index contributed by atoms with van der Waals surface area (Å²) < 4.78 is 31.5. The molecule has 0 spiro atoms. The van der Waals surface area contributed by atoms with Crippen molar-refractivity contribution in [3.63, 3.8) is 0 Å². The summed E-state index contributed by atoms with van der Waals surface area (Å²) in [5, 5.41) is 5.85. The zero-order valence-electron chi connectivity index (χ0n) is 21.2. The molecule has 0 bridgehead atoms. The monoisotopic (exact) mass is 492 g/mol. The Morgan fingerprint density at radius 3 is 1.68 bits per heavy atom. The number of anilines is 1. The summed E-state index contributed by atoms with van der Waals surface area (Å²) in [5.41, 5.74) is 1.40. The van der Waals surface area contributed by atoms with Crippen molar-refractivity contribution in [3.8, 4) is 0 Å². The zero-order valence-corrected chi connectivity index (χ0v) is 22.0. The standard InChI is InChI=1S/C27H44N2O4S/c1-3-4-5-6-7-8-9-10-11-12-13-14-15-16-17-18-26-23(2)27(30)29(28-26)24-19-21-25(22-20-24)34(31,32)33/h19-23H,3-18H2,1-2H3,(H,31,32,33)/t23-/m1/s1. The topological polar surface area (TPSA) is 87.0 Å². The Morgan fingerprint density at radius 2 is 1.24 bits per heavy atom. The minimum atomic E-state index is -4.25. The molecule has 1 aromatic rings. The van der Waals surface area contributed by atoms with E-state index in [1.54, 1.807) is 0 Å². The third-order valence-electron chi connectivity index (χ3n) is 6.72. The van der Waals surface area contributed by atoms with Crippen LogP contribution in [0.2, 0.25) is 0 Å². The lowest BCUT2D eigenvalue weighted by atomic mass is 9.99. The lowest BCUT2D eigenvalue weighted by Crippen LogP contribution is -2.25. The normalized spacial score (nSPS) is 16.3. The molecule has 192 valence electrons. The third-order valence-corrected chi connectivity index (χ3v) is 7.59. The molecule has 0 aliphatic carbocycles. The second-order valence-electron chi connectivity index (χ2n) is 9.63. The van der Waals surface area contributed by atoms with E-state index in [1.807, 2.05) is 6.92 Å². The van der Waals surface area contributed by atoms with Crippen molar-refractivity contribution in [2.45, 2.75) is 121 Å². The third kappa shape index (κ3) is 9.87. The molecule has 2 rings (SSSR count). The quantitative estimate of drug-likeness (QED) is 0.169. The van der Waals surface area contributed by atoms with Crippen LogP contribution in [0.25, 0.3) is 0 Å². The summed E-state index contributed by atoms with van der Waals surface area (Å²) in [6.45, 7) is 4.14. The molecule has 0 radical (unpaired) electrons. The summed E-state index contributed by atoms with van der Waals surface area (Å²) >= 11 is 0. The fourth-order valence-corrected chi connectivity index (χ4v) is 4.96. The summed E-state index contributed by atoms with van der Waals surface area (Å²) in [5.74, 6) is -0.358. The van der Waals surface area contributed by atoms with Crippen molar-refractivity contribution in [3.05, 3.63) is 24.3 Å². The predicted molar refractivity (Wildman–Crippen MR) is 140 cm³/mol. The summed E-state index contributed by atoms with van der Waals surface area (Å²) in [4.78, 5) is 12.4. The largest absolute Gasteiger partial charge is 0.294 e. The predicted octanol–water partition coefficient (Wildman–Crippen LogP) is 7.53. The van der Waals surface area contributed by atoms with E-state index >= 15 is 0 Å². The van der Waals surface area contributed by atoms with E-state index in [1.165, 1.54) is 113 Å². The summed E-state index contributed by atoms with van der Waals surface area (Å²) in [6, 6.07) is 5.55. The number of hydrazone groups is 1. The Balaban J connectivity index is 1.56. The number of carbonyl (C=O) groups excluding carboxylic acids is 1. The van der Waals surface area contributed by atoms with Gasteiger partial charge in [-0.25, -0.2) is 5.01 Å². The number of unbranched alkanes of at least 4 members (excludes halogenated alkanes) is 14. The molecule has 0 saturated carbocycles. The molecule has 0 unspecified atom stereocenters. The first kappa shape index (κ1) is 28.5. The molecule has 1 atom stereocenters. The molecule has 1 heterocycles. The van der Waals surface area contributed by atoms with E-state index in [-0.39, 0.29) is 16.7 Å². The number of hydrogen-bond donors (Lipinski definition) is 1. The minimum Gasteiger partial charge on any atom is -0.282 e. The number of rotatable bonds is 18. The zero-order chi connectivity index (χ0) is 24.8. The average Bonchev–Trinajstić information content (AvgIpc) is 3.09. The smallest absolute Gasteiger partial charge is 0.282 e. The SMILES string of the molecule is CCCCCCCCCCCCCCCCCC1=NN(c2ccc(S(=O)(=O)O)cc2)C(=O)[C@@H]1C. The first-order valence-corrected chi connectivity index (χ1v) is 14.8. The van der Waals surface area contributed by atoms with Gasteiger partial charge >= 0.3 is 0 Å². The van der Waals surface area contributed by atoms with Crippen molar-refractivity contribution in [2.24, 2.45) is 11.0 Å². The van der Waals surface area contributed by atoms with Crippen LogP contribution in [0.15, 0.2) is 34.3 Å². The number of hydrogen-bond acceptors (Lipinski definition) is 4. The Morgan fingerprint density at radius 1 is 0.794 bits per heavy atom. The molecular formula is C27H44N2O4S. The highest BCUT2D eigenvalue weighted by atomic mass is 32.2. The molecule has 6 nitrogen and oxygen atoms in total. The maximum Gasteiger partial charge on any atom is 0.294 e. The van der Waals surface area contributed by atoms with Gasteiger partial charge in [-0.3, -0.25) is 9.35 Å². The molecule has 0 fully saturated rings. The molecule has 1 aromatic carbocycles. The highest BCUT2D eigenvalue weighted by molar-refractivity contribution is 7.85. The second-order valence-corrected chi connectivity index (χ2v) is 11.1.